The first-order valence-electron chi connectivity index (χ1n) is 4.10. The molecule has 15 heavy (non-hydrogen) atoms. The van der Waals surface area contributed by atoms with Gasteiger partial charge in [0.2, 0.25) is 0 Å². The summed E-state index contributed by atoms with van der Waals surface area (Å²) < 4.78 is 36.4. The highest BCUT2D eigenvalue weighted by Gasteiger charge is 2.28. The third-order valence-corrected chi connectivity index (χ3v) is 2.55. The number of benzene rings is 1. The number of hydrogen-bond acceptors (Lipinski definition) is 2. The summed E-state index contributed by atoms with van der Waals surface area (Å²) >= 11 is 1.39. The third kappa shape index (κ3) is 3.48. The minimum absolute atomic E-state index is 0.0304. The maximum atomic E-state index is 12.1. The van der Waals surface area contributed by atoms with Crippen LogP contribution in [-0.4, -0.2) is 12.4 Å². The largest absolute Gasteiger partial charge is 0.393 e. The molecule has 0 heterocycles. The Bertz CT molecular complexity index is 393. The van der Waals surface area contributed by atoms with Crippen molar-refractivity contribution in [3.8, 4) is 6.07 Å². The summed E-state index contributed by atoms with van der Waals surface area (Å²) in [5.41, 5.74) is 0.127. The van der Waals surface area contributed by atoms with Gasteiger partial charge in [0.15, 0.2) is 0 Å². The van der Waals surface area contributed by atoms with Gasteiger partial charge in [-0.25, -0.2) is 0 Å². The SMILES string of the molecule is CSc1ccc(CC(F)(F)F)c(C#N)c1. The number of thioether (sulfide) groups is 1. The Morgan fingerprint density at radius 3 is 2.53 bits per heavy atom. The Kier molecular flexibility index (Phi) is 3.64. The molecule has 0 aromatic heterocycles. The lowest BCUT2D eigenvalue weighted by molar-refractivity contribution is -0.127. The summed E-state index contributed by atoms with van der Waals surface area (Å²) in [5.74, 6) is 0. The van der Waals surface area contributed by atoms with Crippen molar-refractivity contribution in [1.29, 1.82) is 5.26 Å². The van der Waals surface area contributed by atoms with Gasteiger partial charge in [-0.1, -0.05) is 6.07 Å². The second kappa shape index (κ2) is 4.58. The van der Waals surface area contributed by atoms with Crippen LogP contribution in [0.5, 0.6) is 0 Å². The topological polar surface area (TPSA) is 23.8 Å². The van der Waals surface area contributed by atoms with Gasteiger partial charge in [0, 0.05) is 4.90 Å². The Hall–Kier alpha value is -1.15. The van der Waals surface area contributed by atoms with E-state index in [-0.39, 0.29) is 11.1 Å². The summed E-state index contributed by atoms with van der Waals surface area (Å²) in [4.78, 5) is 0.789. The molecule has 80 valence electrons. The monoisotopic (exact) mass is 231 g/mol. The highest BCUT2D eigenvalue weighted by Crippen LogP contribution is 2.25. The van der Waals surface area contributed by atoms with Crippen LogP contribution in [0.25, 0.3) is 0 Å². The van der Waals surface area contributed by atoms with Crippen molar-refractivity contribution >= 4 is 11.8 Å². The number of hydrogen-bond donors (Lipinski definition) is 0. The predicted molar refractivity (Wildman–Crippen MR) is 52.7 cm³/mol. The molecule has 0 aliphatic heterocycles. The van der Waals surface area contributed by atoms with Gasteiger partial charge in [-0.2, -0.15) is 18.4 Å². The van der Waals surface area contributed by atoms with Gasteiger partial charge >= 0.3 is 6.18 Å². The normalized spacial score (nSPS) is 11.1. The maximum absolute atomic E-state index is 12.1. The molecule has 0 radical (unpaired) electrons. The first-order chi connectivity index (χ1) is 6.96. The summed E-state index contributed by atoms with van der Waals surface area (Å²) in [6, 6.07) is 6.21. The summed E-state index contributed by atoms with van der Waals surface area (Å²) in [7, 11) is 0. The van der Waals surface area contributed by atoms with Gasteiger partial charge < -0.3 is 0 Å². The summed E-state index contributed by atoms with van der Waals surface area (Å²) in [5, 5.41) is 8.71. The number of nitrogens with zero attached hydrogens (tertiary/aromatic N) is 1. The third-order valence-electron chi connectivity index (χ3n) is 1.83. The number of nitriles is 1. The van der Waals surface area contributed by atoms with Crippen LogP contribution in [0.3, 0.4) is 0 Å². The molecule has 0 saturated heterocycles. The second-order valence-corrected chi connectivity index (χ2v) is 3.81. The van der Waals surface area contributed by atoms with Crippen molar-refractivity contribution in [2.45, 2.75) is 17.5 Å². The smallest absolute Gasteiger partial charge is 0.192 e. The van der Waals surface area contributed by atoms with Gasteiger partial charge in [-0.15, -0.1) is 11.8 Å². The minimum atomic E-state index is -4.27. The molecule has 0 unspecified atom stereocenters. The lowest BCUT2D eigenvalue weighted by Crippen LogP contribution is -2.12. The molecular formula is C10H8F3NS. The van der Waals surface area contributed by atoms with Crippen molar-refractivity contribution in [2.24, 2.45) is 0 Å². The van der Waals surface area contributed by atoms with Crippen molar-refractivity contribution < 1.29 is 13.2 Å². The summed E-state index contributed by atoms with van der Waals surface area (Å²) in [6.07, 6.45) is -3.52. The highest BCUT2D eigenvalue weighted by molar-refractivity contribution is 7.98. The first kappa shape index (κ1) is 11.9. The fourth-order valence-corrected chi connectivity index (χ4v) is 1.60. The van der Waals surface area contributed by atoms with Crippen LogP contribution in [0.2, 0.25) is 0 Å². The van der Waals surface area contributed by atoms with E-state index in [1.54, 1.807) is 18.4 Å². The highest BCUT2D eigenvalue weighted by atomic mass is 32.2. The first-order valence-corrected chi connectivity index (χ1v) is 5.32. The Labute approximate surface area is 89.9 Å². The van der Waals surface area contributed by atoms with E-state index >= 15 is 0 Å². The van der Waals surface area contributed by atoms with Crippen LogP contribution in [0, 0.1) is 11.3 Å². The van der Waals surface area contributed by atoms with Crippen LogP contribution in [0.1, 0.15) is 11.1 Å². The van der Waals surface area contributed by atoms with Crippen LogP contribution in [0.4, 0.5) is 13.2 Å². The number of halogens is 3. The standard InChI is InChI=1S/C10H8F3NS/c1-15-9-3-2-7(5-10(11,12)13)8(4-9)6-14/h2-4H,5H2,1H3. The van der Waals surface area contributed by atoms with Gasteiger partial charge in [-0.05, 0) is 24.0 Å². The quantitative estimate of drug-likeness (QED) is 0.728. The lowest BCUT2D eigenvalue weighted by Gasteiger charge is -2.08. The molecule has 5 heteroatoms. The van der Waals surface area contributed by atoms with E-state index in [0.29, 0.717) is 0 Å². The van der Waals surface area contributed by atoms with E-state index in [9.17, 15) is 13.2 Å². The van der Waals surface area contributed by atoms with Crippen LogP contribution in [-0.2, 0) is 6.42 Å². The summed E-state index contributed by atoms with van der Waals surface area (Å²) in [6.45, 7) is 0. The molecule has 1 nitrogen and oxygen atoms in total. The molecule has 0 N–H and O–H groups in total. The molecule has 0 saturated carbocycles. The number of rotatable bonds is 2. The van der Waals surface area contributed by atoms with Crippen molar-refractivity contribution in [3.05, 3.63) is 29.3 Å². The van der Waals surface area contributed by atoms with E-state index in [0.717, 1.165) is 4.90 Å². The molecule has 0 amide bonds. The fourth-order valence-electron chi connectivity index (χ4n) is 1.16. The molecule has 1 aromatic carbocycles. The lowest BCUT2D eigenvalue weighted by atomic mass is 10.1. The Morgan fingerprint density at radius 1 is 1.40 bits per heavy atom. The van der Waals surface area contributed by atoms with Gasteiger partial charge in [-0.3, -0.25) is 0 Å². The molecule has 0 aliphatic carbocycles. The van der Waals surface area contributed by atoms with Gasteiger partial charge in [0.25, 0.3) is 0 Å². The Morgan fingerprint density at radius 2 is 2.07 bits per heavy atom. The van der Waals surface area contributed by atoms with Crippen molar-refractivity contribution in [2.75, 3.05) is 6.26 Å². The van der Waals surface area contributed by atoms with E-state index in [2.05, 4.69) is 0 Å². The molecule has 0 spiro atoms. The van der Waals surface area contributed by atoms with E-state index in [4.69, 9.17) is 5.26 Å². The van der Waals surface area contributed by atoms with Crippen LogP contribution >= 0.6 is 11.8 Å². The zero-order valence-electron chi connectivity index (χ0n) is 7.93. The van der Waals surface area contributed by atoms with Crippen LogP contribution < -0.4 is 0 Å². The molecule has 0 bridgehead atoms. The zero-order chi connectivity index (χ0) is 11.5. The molecule has 0 atom stereocenters. The minimum Gasteiger partial charge on any atom is -0.192 e. The molecule has 1 aromatic rings. The molecule has 1 rings (SSSR count). The van der Waals surface area contributed by atoms with E-state index < -0.39 is 12.6 Å². The maximum Gasteiger partial charge on any atom is 0.393 e. The van der Waals surface area contributed by atoms with Crippen molar-refractivity contribution in [1.82, 2.24) is 0 Å². The predicted octanol–water partition coefficient (Wildman–Crippen LogP) is 3.38. The zero-order valence-corrected chi connectivity index (χ0v) is 8.75. The average molecular weight is 231 g/mol. The number of alkyl halides is 3. The molecule has 0 fully saturated rings. The fraction of sp³-hybridized carbons (Fsp3) is 0.300. The van der Waals surface area contributed by atoms with Crippen LogP contribution in [0.15, 0.2) is 23.1 Å². The van der Waals surface area contributed by atoms with Crippen molar-refractivity contribution in [3.63, 3.8) is 0 Å². The average Bonchev–Trinajstić information content (AvgIpc) is 2.16. The Balaban J connectivity index is 3.04. The molecular weight excluding hydrogens is 223 g/mol. The molecule has 0 aliphatic rings. The van der Waals surface area contributed by atoms with Gasteiger partial charge in [0.05, 0.1) is 18.1 Å². The van der Waals surface area contributed by atoms with E-state index in [1.807, 2.05) is 0 Å². The van der Waals surface area contributed by atoms with E-state index in [1.165, 1.54) is 23.9 Å². The van der Waals surface area contributed by atoms with Gasteiger partial charge in [0.1, 0.15) is 0 Å². The second-order valence-electron chi connectivity index (χ2n) is 2.93.